The molecule has 0 unspecified atom stereocenters. The van der Waals surface area contributed by atoms with Crippen molar-refractivity contribution >= 4 is 11.6 Å². The van der Waals surface area contributed by atoms with Crippen molar-refractivity contribution in [2.24, 2.45) is 5.73 Å². The fourth-order valence-electron chi connectivity index (χ4n) is 2.14. The Morgan fingerprint density at radius 1 is 1.10 bits per heavy atom. The number of nitrogens with zero attached hydrogens (tertiary/aromatic N) is 1. The Labute approximate surface area is 125 Å². The third-order valence-corrected chi connectivity index (χ3v) is 3.38. The summed E-state index contributed by atoms with van der Waals surface area (Å²) >= 11 is 0. The molecule has 0 aliphatic rings. The van der Waals surface area contributed by atoms with Crippen molar-refractivity contribution < 1.29 is 9.53 Å². The van der Waals surface area contributed by atoms with Crippen molar-refractivity contribution in [3.05, 3.63) is 59.7 Å². The Kier molecular flexibility index (Phi) is 4.95. The van der Waals surface area contributed by atoms with Crippen LogP contribution >= 0.6 is 0 Å². The summed E-state index contributed by atoms with van der Waals surface area (Å²) in [6.45, 7) is 3.06. The molecule has 0 radical (unpaired) electrons. The summed E-state index contributed by atoms with van der Waals surface area (Å²) in [5.41, 5.74) is 8.15. The lowest BCUT2D eigenvalue weighted by molar-refractivity contribution is 0.0988. The third-order valence-electron chi connectivity index (χ3n) is 3.38. The number of carbonyl (C=O) groups excluding carboxylic acids is 1. The Hall–Kier alpha value is -2.33. The maximum atomic E-state index is 12.6. The minimum absolute atomic E-state index is 0.0272. The van der Waals surface area contributed by atoms with Crippen LogP contribution in [-0.4, -0.2) is 19.6 Å². The number of carbonyl (C=O) groups is 1. The third kappa shape index (κ3) is 3.41. The van der Waals surface area contributed by atoms with Crippen LogP contribution in [0.1, 0.15) is 22.8 Å². The molecule has 0 heterocycles. The lowest BCUT2D eigenvalue weighted by Crippen LogP contribution is -2.30. The summed E-state index contributed by atoms with van der Waals surface area (Å²) in [6.07, 6.45) is 0. The molecule has 0 aliphatic carbocycles. The lowest BCUT2D eigenvalue weighted by Gasteiger charge is -2.21. The van der Waals surface area contributed by atoms with Gasteiger partial charge < -0.3 is 15.4 Å². The zero-order chi connectivity index (χ0) is 15.2. The molecular formula is C17H20N2O2. The van der Waals surface area contributed by atoms with Crippen LogP contribution in [0.25, 0.3) is 0 Å². The second-order valence-corrected chi connectivity index (χ2v) is 4.65. The van der Waals surface area contributed by atoms with Gasteiger partial charge in [-0.2, -0.15) is 0 Å². The largest absolute Gasteiger partial charge is 0.497 e. The van der Waals surface area contributed by atoms with Gasteiger partial charge in [0, 0.05) is 24.3 Å². The van der Waals surface area contributed by atoms with Crippen molar-refractivity contribution in [1.29, 1.82) is 0 Å². The molecule has 1 amide bonds. The quantitative estimate of drug-likeness (QED) is 0.918. The number of nitrogens with two attached hydrogens (primary N) is 1. The second-order valence-electron chi connectivity index (χ2n) is 4.65. The highest BCUT2D eigenvalue weighted by atomic mass is 16.5. The van der Waals surface area contributed by atoms with Crippen molar-refractivity contribution in [2.45, 2.75) is 13.5 Å². The second kappa shape index (κ2) is 6.90. The number of rotatable bonds is 5. The van der Waals surface area contributed by atoms with E-state index in [4.69, 9.17) is 10.5 Å². The van der Waals surface area contributed by atoms with Crippen molar-refractivity contribution in [2.75, 3.05) is 18.6 Å². The van der Waals surface area contributed by atoms with Crippen LogP contribution < -0.4 is 15.4 Å². The monoisotopic (exact) mass is 284 g/mol. The summed E-state index contributed by atoms with van der Waals surface area (Å²) in [7, 11) is 1.61. The van der Waals surface area contributed by atoms with Crippen LogP contribution in [0.3, 0.4) is 0 Å². The molecule has 4 nitrogen and oxygen atoms in total. The molecule has 0 aromatic heterocycles. The van der Waals surface area contributed by atoms with E-state index in [1.54, 1.807) is 36.3 Å². The van der Waals surface area contributed by atoms with Gasteiger partial charge in [0.25, 0.3) is 5.91 Å². The van der Waals surface area contributed by atoms with Crippen molar-refractivity contribution in [1.82, 2.24) is 0 Å². The SMILES string of the molecule is CCN(C(=O)c1ccc(OC)cc1)c1ccc(CN)cc1. The number of amides is 1. The van der Waals surface area contributed by atoms with Crippen LogP contribution in [0.5, 0.6) is 5.75 Å². The van der Waals surface area contributed by atoms with Gasteiger partial charge in [0.05, 0.1) is 7.11 Å². The molecule has 0 fully saturated rings. The lowest BCUT2D eigenvalue weighted by atomic mass is 10.1. The van der Waals surface area contributed by atoms with Gasteiger partial charge in [0.2, 0.25) is 0 Å². The average molecular weight is 284 g/mol. The predicted molar refractivity (Wildman–Crippen MR) is 84.7 cm³/mol. The summed E-state index contributed by atoms with van der Waals surface area (Å²) in [4.78, 5) is 14.3. The van der Waals surface area contributed by atoms with Crippen LogP contribution in [-0.2, 0) is 6.54 Å². The first kappa shape index (κ1) is 15.1. The van der Waals surface area contributed by atoms with Gasteiger partial charge in [-0.25, -0.2) is 0 Å². The normalized spacial score (nSPS) is 10.2. The minimum atomic E-state index is -0.0272. The molecule has 4 heteroatoms. The van der Waals surface area contributed by atoms with E-state index in [0.717, 1.165) is 17.0 Å². The maximum absolute atomic E-state index is 12.6. The number of hydrogen-bond acceptors (Lipinski definition) is 3. The van der Waals surface area contributed by atoms with Gasteiger partial charge in [-0.15, -0.1) is 0 Å². The zero-order valence-electron chi connectivity index (χ0n) is 12.4. The number of anilines is 1. The summed E-state index contributed by atoms with van der Waals surface area (Å²) in [6, 6.07) is 14.9. The van der Waals surface area contributed by atoms with E-state index >= 15 is 0 Å². The van der Waals surface area contributed by atoms with Crippen molar-refractivity contribution in [3.8, 4) is 5.75 Å². The number of benzene rings is 2. The Bertz CT molecular complexity index is 591. The van der Waals surface area contributed by atoms with Gasteiger partial charge in [0.15, 0.2) is 0 Å². The van der Waals surface area contributed by atoms with E-state index in [1.165, 1.54) is 0 Å². The van der Waals surface area contributed by atoms with Crippen LogP contribution in [0, 0.1) is 0 Å². The van der Waals surface area contributed by atoms with Gasteiger partial charge in [0.1, 0.15) is 5.75 Å². The molecule has 2 rings (SSSR count). The summed E-state index contributed by atoms with van der Waals surface area (Å²) in [5, 5.41) is 0. The van der Waals surface area contributed by atoms with E-state index in [0.29, 0.717) is 18.7 Å². The van der Waals surface area contributed by atoms with Gasteiger partial charge in [-0.05, 0) is 48.9 Å². The topological polar surface area (TPSA) is 55.6 Å². The van der Waals surface area contributed by atoms with Crippen LogP contribution in [0.2, 0.25) is 0 Å². The summed E-state index contributed by atoms with van der Waals surface area (Å²) in [5.74, 6) is 0.711. The van der Waals surface area contributed by atoms with E-state index < -0.39 is 0 Å². The molecule has 0 spiro atoms. The smallest absolute Gasteiger partial charge is 0.258 e. The molecule has 0 saturated heterocycles. The molecule has 110 valence electrons. The summed E-state index contributed by atoms with van der Waals surface area (Å²) < 4.78 is 5.11. The molecule has 0 saturated carbocycles. The Morgan fingerprint density at radius 3 is 2.19 bits per heavy atom. The fraction of sp³-hybridized carbons (Fsp3) is 0.235. The van der Waals surface area contributed by atoms with Gasteiger partial charge in [-0.3, -0.25) is 4.79 Å². The highest BCUT2D eigenvalue weighted by Crippen LogP contribution is 2.19. The van der Waals surface area contributed by atoms with E-state index in [2.05, 4.69) is 0 Å². The molecule has 2 aromatic rings. The van der Waals surface area contributed by atoms with Crippen LogP contribution in [0.15, 0.2) is 48.5 Å². The van der Waals surface area contributed by atoms with E-state index in [1.807, 2.05) is 31.2 Å². The van der Waals surface area contributed by atoms with E-state index in [9.17, 15) is 4.79 Å². The molecule has 2 aromatic carbocycles. The zero-order valence-corrected chi connectivity index (χ0v) is 12.4. The first-order valence-electron chi connectivity index (χ1n) is 6.94. The predicted octanol–water partition coefficient (Wildman–Crippen LogP) is 2.82. The minimum Gasteiger partial charge on any atom is -0.497 e. The van der Waals surface area contributed by atoms with Crippen molar-refractivity contribution in [3.63, 3.8) is 0 Å². The Balaban J connectivity index is 2.24. The molecule has 0 atom stereocenters. The van der Waals surface area contributed by atoms with Gasteiger partial charge in [-0.1, -0.05) is 12.1 Å². The number of hydrogen-bond donors (Lipinski definition) is 1. The average Bonchev–Trinajstić information content (AvgIpc) is 2.56. The highest BCUT2D eigenvalue weighted by molar-refractivity contribution is 6.06. The first-order valence-corrected chi connectivity index (χ1v) is 6.94. The number of ether oxygens (including phenoxy) is 1. The maximum Gasteiger partial charge on any atom is 0.258 e. The highest BCUT2D eigenvalue weighted by Gasteiger charge is 2.15. The first-order chi connectivity index (χ1) is 10.2. The molecule has 2 N–H and O–H groups in total. The molecular weight excluding hydrogens is 264 g/mol. The molecule has 21 heavy (non-hydrogen) atoms. The van der Waals surface area contributed by atoms with Gasteiger partial charge >= 0.3 is 0 Å². The van der Waals surface area contributed by atoms with Crippen LogP contribution in [0.4, 0.5) is 5.69 Å². The fourth-order valence-corrected chi connectivity index (χ4v) is 2.14. The van der Waals surface area contributed by atoms with E-state index in [-0.39, 0.29) is 5.91 Å². The Morgan fingerprint density at radius 2 is 1.71 bits per heavy atom. The molecule has 0 bridgehead atoms. The number of methoxy groups -OCH3 is 1. The molecule has 0 aliphatic heterocycles. The standard InChI is InChI=1S/C17H20N2O2/c1-3-19(15-8-4-13(12-18)5-9-15)17(20)14-6-10-16(21-2)11-7-14/h4-11H,3,12,18H2,1-2H3.